The molecule has 0 aromatic rings. The van der Waals surface area contributed by atoms with E-state index in [1.54, 1.807) is 0 Å². The van der Waals surface area contributed by atoms with Crippen LogP contribution < -0.4 is 5.32 Å². The number of nitrogens with one attached hydrogen (secondary N) is 1. The van der Waals surface area contributed by atoms with Crippen molar-refractivity contribution in [2.75, 3.05) is 26.7 Å². The second kappa shape index (κ2) is 6.63. The van der Waals surface area contributed by atoms with Gasteiger partial charge in [0.05, 0.1) is 0 Å². The highest BCUT2D eigenvalue weighted by atomic mass is 16.2. The number of piperidine rings is 1. The smallest absolute Gasteiger partial charge is 0.220 e. The first-order valence-corrected chi connectivity index (χ1v) is 6.02. The molecule has 0 aromatic heterocycles. The molecule has 0 radical (unpaired) electrons. The zero-order valence-corrected chi connectivity index (χ0v) is 10.3. The molecule has 0 spiro atoms. The molecular weight excluding hydrogens is 204 g/mol. The first kappa shape index (κ1) is 13.2. The van der Waals surface area contributed by atoms with Gasteiger partial charge in [-0.25, -0.2) is 0 Å². The van der Waals surface area contributed by atoms with Gasteiger partial charge in [-0.05, 0) is 45.8 Å². The summed E-state index contributed by atoms with van der Waals surface area (Å²) in [7, 11) is 2.13. The number of ketones is 1. The van der Waals surface area contributed by atoms with Crippen LogP contribution in [-0.2, 0) is 9.59 Å². The third-order valence-corrected chi connectivity index (χ3v) is 3.13. The molecule has 0 aliphatic carbocycles. The highest BCUT2D eigenvalue weighted by Crippen LogP contribution is 2.14. The molecule has 92 valence electrons. The molecule has 1 aliphatic rings. The summed E-state index contributed by atoms with van der Waals surface area (Å²) in [6.45, 7) is 4.52. The first-order chi connectivity index (χ1) is 7.58. The summed E-state index contributed by atoms with van der Waals surface area (Å²) in [6.07, 6.45) is 3.01. The second-order valence-corrected chi connectivity index (χ2v) is 4.75. The highest BCUT2D eigenvalue weighted by Gasteiger charge is 2.16. The van der Waals surface area contributed by atoms with Crippen molar-refractivity contribution in [1.29, 1.82) is 0 Å². The van der Waals surface area contributed by atoms with Crippen molar-refractivity contribution in [3.8, 4) is 0 Å². The van der Waals surface area contributed by atoms with Crippen molar-refractivity contribution in [1.82, 2.24) is 10.2 Å². The van der Waals surface area contributed by atoms with Gasteiger partial charge in [0.15, 0.2) is 0 Å². The lowest BCUT2D eigenvalue weighted by molar-refractivity contribution is -0.124. The number of amides is 1. The van der Waals surface area contributed by atoms with E-state index in [0.717, 1.165) is 32.5 Å². The summed E-state index contributed by atoms with van der Waals surface area (Å²) in [5, 5.41) is 2.91. The Kier molecular flexibility index (Phi) is 5.46. The Balaban J connectivity index is 2.09. The summed E-state index contributed by atoms with van der Waals surface area (Å²) in [5.41, 5.74) is 0. The van der Waals surface area contributed by atoms with Gasteiger partial charge in [-0.15, -0.1) is 0 Å². The molecule has 1 heterocycles. The van der Waals surface area contributed by atoms with Crippen LogP contribution in [0, 0.1) is 5.92 Å². The lowest BCUT2D eigenvalue weighted by Gasteiger charge is -2.28. The van der Waals surface area contributed by atoms with Crippen LogP contribution in [0.1, 0.15) is 32.6 Å². The Morgan fingerprint density at radius 3 is 2.44 bits per heavy atom. The molecule has 1 rings (SSSR count). The summed E-state index contributed by atoms with van der Waals surface area (Å²) >= 11 is 0. The van der Waals surface area contributed by atoms with Gasteiger partial charge in [-0.2, -0.15) is 0 Å². The minimum Gasteiger partial charge on any atom is -0.356 e. The Morgan fingerprint density at radius 1 is 1.25 bits per heavy atom. The van der Waals surface area contributed by atoms with Gasteiger partial charge in [0.1, 0.15) is 5.78 Å². The Hall–Kier alpha value is -0.900. The van der Waals surface area contributed by atoms with Crippen molar-refractivity contribution in [3.63, 3.8) is 0 Å². The molecule has 0 aromatic carbocycles. The van der Waals surface area contributed by atoms with Crippen LogP contribution in [0.4, 0.5) is 0 Å². The first-order valence-electron chi connectivity index (χ1n) is 6.02. The van der Waals surface area contributed by atoms with Crippen LogP contribution in [0.5, 0.6) is 0 Å². The predicted molar refractivity (Wildman–Crippen MR) is 63.1 cm³/mol. The molecule has 1 aliphatic heterocycles. The van der Waals surface area contributed by atoms with Crippen molar-refractivity contribution in [2.24, 2.45) is 5.92 Å². The second-order valence-electron chi connectivity index (χ2n) is 4.75. The van der Waals surface area contributed by atoms with Gasteiger partial charge in [-0.1, -0.05) is 0 Å². The quantitative estimate of drug-likeness (QED) is 0.755. The molecule has 0 atom stereocenters. The van der Waals surface area contributed by atoms with E-state index in [-0.39, 0.29) is 11.7 Å². The van der Waals surface area contributed by atoms with E-state index in [9.17, 15) is 9.59 Å². The number of rotatable bonds is 5. The fourth-order valence-electron chi connectivity index (χ4n) is 1.90. The summed E-state index contributed by atoms with van der Waals surface area (Å²) < 4.78 is 0. The SMILES string of the molecule is CC(=O)CCC(=O)NCC1CCN(C)CC1. The molecule has 0 bridgehead atoms. The van der Waals surface area contributed by atoms with E-state index in [2.05, 4.69) is 17.3 Å². The van der Waals surface area contributed by atoms with E-state index < -0.39 is 0 Å². The van der Waals surface area contributed by atoms with Crippen LogP contribution in [0.3, 0.4) is 0 Å². The van der Waals surface area contributed by atoms with Crippen molar-refractivity contribution in [2.45, 2.75) is 32.6 Å². The van der Waals surface area contributed by atoms with Crippen LogP contribution in [0.15, 0.2) is 0 Å². The van der Waals surface area contributed by atoms with E-state index in [1.165, 1.54) is 6.92 Å². The zero-order chi connectivity index (χ0) is 12.0. The van der Waals surface area contributed by atoms with E-state index in [1.807, 2.05) is 0 Å². The van der Waals surface area contributed by atoms with Gasteiger partial charge in [-0.3, -0.25) is 4.79 Å². The third kappa shape index (κ3) is 5.26. The number of nitrogens with zero attached hydrogens (tertiary/aromatic N) is 1. The Morgan fingerprint density at radius 2 is 1.88 bits per heavy atom. The number of carbonyl (C=O) groups excluding carboxylic acids is 2. The standard InChI is InChI=1S/C12H22N2O2/c1-10(15)3-4-12(16)13-9-11-5-7-14(2)8-6-11/h11H,3-9H2,1-2H3,(H,13,16). The number of carbonyl (C=O) groups is 2. The lowest BCUT2D eigenvalue weighted by Crippen LogP contribution is -2.36. The van der Waals surface area contributed by atoms with Gasteiger partial charge >= 0.3 is 0 Å². The van der Waals surface area contributed by atoms with E-state index >= 15 is 0 Å². The largest absolute Gasteiger partial charge is 0.356 e. The maximum absolute atomic E-state index is 11.4. The van der Waals surface area contributed by atoms with Crippen LogP contribution in [-0.4, -0.2) is 43.3 Å². The number of hydrogen-bond acceptors (Lipinski definition) is 3. The molecule has 1 amide bonds. The minimum absolute atomic E-state index is 0.00845. The monoisotopic (exact) mass is 226 g/mol. The van der Waals surface area contributed by atoms with Crippen LogP contribution >= 0.6 is 0 Å². The number of likely N-dealkylation sites (tertiary alicyclic amines) is 1. The number of Topliss-reactive ketones (excluding diaryl/α,β-unsaturated/α-hetero) is 1. The zero-order valence-electron chi connectivity index (χ0n) is 10.3. The molecule has 0 unspecified atom stereocenters. The lowest BCUT2D eigenvalue weighted by atomic mass is 9.97. The van der Waals surface area contributed by atoms with Gasteiger partial charge in [0.2, 0.25) is 5.91 Å². The van der Waals surface area contributed by atoms with Gasteiger partial charge in [0, 0.05) is 19.4 Å². The molecule has 4 nitrogen and oxygen atoms in total. The van der Waals surface area contributed by atoms with E-state index in [0.29, 0.717) is 18.8 Å². The third-order valence-electron chi connectivity index (χ3n) is 3.13. The summed E-state index contributed by atoms with van der Waals surface area (Å²) in [5.74, 6) is 0.695. The molecule has 1 fully saturated rings. The van der Waals surface area contributed by atoms with Crippen molar-refractivity contribution >= 4 is 11.7 Å². The molecule has 16 heavy (non-hydrogen) atoms. The molecule has 0 saturated carbocycles. The minimum atomic E-state index is 0.00845. The predicted octanol–water partition coefficient (Wildman–Crippen LogP) is 0.814. The van der Waals surface area contributed by atoms with Crippen molar-refractivity contribution < 1.29 is 9.59 Å². The molecule has 1 N–H and O–H groups in total. The molecule has 4 heteroatoms. The maximum atomic E-state index is 11.4. The average molecular weight is 226 g/mol. The van der Waals surface area contributed by atoms with Gasteiger partial charge < -0.3 is 15.0 Å². The van der Waals surface area contributed by atoms with Crippen LogP contribution in [0.25, 0.3) is 0 Å². The topological polar surface area (TPSA) is 49.4 Å². The Labute approximate surface area is 97.4 Å². The maximum Gasteiger partial charge on any atom is 0.220 e. The van der Waals surface area contributed by atoms with Crippen molar-refractivity contribution in [3.05, 3.63) is 0 Å². The van der Waals surface area contributed by atoms with Crippen LogP contribution in [0.2, 0.25) is 0 Å². The van der Waals surface area contributed by atoms with Gasteiger partial charge in [0.25, 0.3) is 0 Å². The average Bonchev–Trinajstić information content (AvgIpc) is 2.25. The fraction of sp³-hybridized carbons (Fsp3) is 0.833. The summed E-state index contributed by atoms with van der Waals surface area (Å²) in [4.78, 5) is 24.4. The number of hydrogen-bond donors (Lipinski definition) is 1. The summed E-state index contributed by atoms with van der Waals surface area (Å²) in [6, 6.07) is 0. The molecule has 1 saturated heterocycles. The molecular formula is C12H22N2O2. The Bertz CT molecular complexity index is 245. The fourth-order valence-corrected chi connectivity index (χ4v) is 1.90. The normalized spacial score (nSPS) is 18.4. The highest BCUT2D eigenvalue weighted by molar-refractivity contribution is 5.83. The van der Waals surface area contributed by atoms with E-state index in [4.69, 9.17) is 0 Å².